The van der Waals surface area contributed by atoms with E-state index in [-0.39, 0.29) is 11.9 Å². The van der Waals surface area contributed by atoms with Crippen LogP contribution in [0.3, 0.4) is 0 Å². The number of fused-ring (bicyclic) bond motifs is 1. The number of nitrogens with one attached hydrogen (secondary N) is 2. The molecule has 3 rings (SSSR count). The van der Waals surface area contributed by atoms with Gasteiger partial charge in [0.1, 0.15) is 6.04 Å². The quantitative estimate of drug-likeness (QED) is 0.876. The zero-order valence-corrected chi connectivity index (χ0v) is 10.5. The van der Waals surface area contributed by atoms with Crippen molar-refractivity contribution in [2.24, 2.45) is 0 Å². The van der Waals surface area contributed by atoms with Crippen LogP contribution in [0.25, 0.3) is 0 Å². The molecule has 1 aromatic heterocycles. The number of amides is 1. The normalized spacial score (nSPS) is 16.5. The minimum Gasteiger partial charge on any atom is -0.373 e. The summed E-state index contributed by atoms with van der Waals surface area (Å²) in [5.74, 6) is 0.0278. The van der Waals surface area contributed by atoms with Gasteiger partial charge < -0.3 is 10.6 Å². The van der Waals surface area contributed by atoms with Gasteiger partial charge in [0.15, 0.2) is 0 Å². The first kappa shape index (κ1) is 11.7. The zero-order chi connectivity index (χ0) is 13.1. The molecule has 2 heterocycles. The van der Waals surface area contributed by atoms with Gasteiger partial charge in [0.05, 0.1) is 0 Å². The van der Waals surface area contributed by atoms with Crippen molar-refractivity contribution in [3.63, 3.8) is 0 Å². The summed E-state index contributed by atoms with van der Waals surface area (Å²) in [5, 5.41) is 6.18. The molecule has 19 heavy (non-hydrogen) atoms. The van der Waals surface area contributed by atoms with Gasteiger partial charge in [-0.05, 0) is 23.3 Å². The lowest BCUT2D eigenvalue weighted by atomic mass is 10.1. The Morgan fingerprint density at radius 1 is 1.32 bits per heavy atom. The molecule has 0 bridgehead atoms. The molecule has 0 aliphatic carbocycles. The number of rotatable bonds is 3. The first-order valence-corrected chi connectivity index (χ1v) is 6.34. The predicted octanol–water partition coefficient (Wildman–Crippen LogP) is 1.73. The number of benzene rings is 1. The maximum Gasteiger partial charge on any atom is 0.243 e. The van der Waals surface area contributed by atoms with Crippen LogP contribution in [0.15, 0.2) is 48.8 Å². The largest absolute Gasteiger partial charge is 0.373 e. The van der Waals surface area contributed by atoms with Crippen molar-refractivity contribution in [3.05, 3.63) is 59.9 Å². The van der Waals surface area contributed by atoms with E-state index in [2.05, 4.69) is 21.7 Å². The van der Waals surface area contributed by atoms with Crippen molar-refractivity contribution in [3.8, 4) is 0 Å². The first-order chi connectivity index (χ1) is 9.33. The van der Waals surface area contributed by atoms with Gasteiger partial charge in [-0.3, -0.25) is 9.78 Å². The van der Waals surface area contributed by atoms with Gasteiger partial charge in [-0.1, -0.05) is 24.3 Å². The molecule has 1 unspecified atom stereocenters. The van der Waals surface area contributed by atoms with Crippen LogP contribution in [0.1, 0.15) is 11.1 Å². The zero-order valence-electron chi connectivity index (χ0n) is 10.5. The van der Waals surface area contributed by atoms with E-state index in [0.717, 1.165) is 17.7 Å². The van der Waals surface area contributed by atoms with Gasteiger partial charge in [-0.25, -0.2) is 0 Å². The molecule has 1 amide bonds. The van der Waals surface area contributed by atoms with Gasteiger partial charge in [0, 0.05) is 31.0 Å². The Morgan fingerprint density at radius 2 is 2.21 bits per heavy atom. The molecule has 1 atom stereocenters. The lowest BCUT2D eigenvalue weighted by Gasteiger charge is -2.11. The highest BCUT2D eigenvalue weighted by Gasteiger charge is 2.25. The maximum atomic E-state index is 12.1. The molecule has 4 nitrogen and oxygen atoms in total. The van der Waals surface area contributed by atoms with Gasteiger partial charge in [-0.2, -0.15) is 0 Å². The van der Waals surface area contributed by atoms with E-state index < -0.39 is 0 Å². The molecular weight excluding hydrogens is 238 g/mol. The summed E-state index contributed by atoms with van der Waals surface area (Å²) >= 11 is 0. The van der Waals surface area contributed by atoms with Crippen LogP contribution in [0, 0.1) is 0 Å². The molecule has 2 N–H and O–H groups in total. The predicted molar refractivity (Wildman–Crippen MR) is 73.6 cm³/mol. The Morgan fingerprint density at radius 3 is 3.00 bits per heavy atom. The third-order valence-corrected chi connectivity index (χ3v) is 3.28. The second kappa shape index (κ2) is 5.10. The summed E-state index contributed by atoms with van der Waals surface area (Å²) in [6, 6.07) is 11.7. The topological polar surface area (TPSA) is 54.0 Å². The average molecular weight is 253 g/mol. The highest BCUT2D eigenvalue weighted by Crippen LogP contribution is 2.25. The molecule has 1 aromatic carbocycles. The third-order valence-electron chi connectivity index (χ3n) is 3.28. The number of para-hydroxylation sites is 1. The van der Waals surface area contributed by atoms with E-state index in [0.29, 0.717) is 6.54 Å². The summed E-state index contributed by atoms with van der Waals surface area (Å²) in [6.45, 7) is 0.515. The van der Waals surface area contributed by atoms with E-state index in [1.54, 1.807) is 12.4 Å². The molecule has 0 saturated heterocycles. The highest BCUT2D eigenvalue weighted by molar-refractivity contribution is 5.87. The monoisotopic (exact) mass is 253 g/mol. The van der Waals surface area contributed by atoms with Gasteiger partial charge in [-0.15, -0.1) is 0 Å². The van der Waals surface area contributed by atoms with Crippen molar-refractivity contribution in [2.75, 3.05) is 5.32 Å². The van der Waals surface area contributed by atoms with Crippen molar-refractivity contribution < 1.29 is 4.79 Å². The van der Waals surface area contributed by atoms with Crippen LogP contribution in [-0.2, 0) is 17.8 Å². The molecule has 4 heteroatoms. The van der Waals surface area contributed by atoms with Crippen LogP contribution < -0.4 is 10.6 Å². The summed E-state index contributed by atoms with van der Waals surface area (Å²) in [7, 11) is 0. The fraction of sp³-hybridized carbons (Fsp3) is 0.200. The van der Waals surface area contributed by atoms with Crippen LogP contribution in [0.4, 0.5) is 5.69 Å². The fourth-order valence-electron chi connectivity index (χ4n) is 2.27. The first-order valence-electron chi connectivity index (χ1n) is 6.34. The number of carbonyl (C=O) groups is 1. The smallest absolute Gasteiger partial charge is 0.243 e. The number of anilines is 1. The number of hydrogen-bond donors (Lipinski definition) is 2. The van der Waals surface area contributed by atoms with E-state index in [9.17, 15) is 4.79 Å². The second-order valence-electron chi connectivity index (χ2n) is 4.64. The van der Waals surface area contributed by atoms with Crippen LogP contribution in [-0.4, -0.2) is 16.9 Å². The molecule has 0 fully saturated rings. The van der Waals surface area contributed by atoms with Gasteiger partial charge in [0.2, 0.25) is 5.91 Å². The highest BCUT2D eigenvalue weighted by atomic mass is 16.2. The molecule has 2 aromatic rings. The van der Waals surface area contributed by atoms with Crippen molar-refractivity contribution in [1.82, 2.24) is 10.3 Å². The standard InChI is InChI=1S/C15H15N3O/c19-15(17-10-11-4-3-7-16-9-11)14-8-12-5-1-2-6-13(12)18-14/h1-7,9,14,18H,8,10H2,(H,17,19). The lowest BCUT2D eigenvalue weighted by Crippen LogP contribution is -2.38. The van der Waals surface area contributed by atoms with Gasteiger partial charge in [0.25, 0.3) is 0 Å². The Hall–Kier alpha value is -2.36. The molecule has 0 saturated carbocycles. The molecule has 0 spiro atoms. The number of pyridine rings is 1. The summed E-state index contributed by atoms with van der Waals surface area (Å²) in [4.78, 5) is 16.1. The number of carbonyl (C=O) groups excluding carboxylic acids is 1. The minimum absolute atomic E-state index is 0.0278. The summed E-state index contributed by atoms with van der Waals surface area (Å²) < 4.78 is 0. The Labute approximate surface area is 111 Å². The SMILES string of the molecule is O=C(NCc1cccnc1)C1Cc2ccccc2N1. The van der Waals surface area contributed by atoms with Crippen LogP contribution >= 0.6 is 0 Å². The van der Waals surface area contributed by atoms with Gasteiger partial charge >= 0.3 is 0 Å². The minimum atomic E-state index is -0.172. The molecule has 1 aliphatic heterocycles. The van der Waals surface area contributed by atoms with E-state index in [1.807, 2.05) is 30.3 Å². The number of nitrogens with zero attached hydrogens (tertiary/aromatic N) is 1. The molecule has 0 radical (unpaired) electrons. The maximum absolute atomic E-state index is 12.1. The molecule has 96 valence electrons. The van der Waals surface area contributed by atoms with Crippen molar-refractivity contribution in [2.45, 2.75) is 19.0 Å². The number of aromatic nitrogens is 1. The Balaban J connectivity index is 1.58. The molecule has 1 aliphatic rings. The Bertz CT molecular complexity index is 558. The fourth-order valence-corrected chi connectivity index (χ4v) is 2.27. The van der Waals surface area contributed by atoms with E-state index >= 15 is 0 Å². The second-order valence-corrected chi connectivity index (χ2v) is 4.64. The number of hydrogen-bond acceptors (Lipinski definition) is 3. The van der Waals surface area contributed by atoms with Crippen LogP contribution in [0.5, 0.6) is 0 Å². The third kappa shape index (κ3) is 2.57. The average Bonchev–Trinajstić information content (AvgIpc) is 2.90. The lowest BCUT2D eigenvalue weighted by molar-refractivity contribution is -0.121. The van der Waals surface area contributed by atoms with Crippen LogP contribution in [0.2, 0.25) is 0 Å². The van der Waals surface area contributed by atoms with E-state index in [4.69, 9.17) is 0 Å². The summed E-state index contributed by atoms with van der Waals surface area (Å²) in [6.07, 6.45) is 4.23. The van der Waals surface area contributed by atoms with Crippen molar-refractivity contribution >= 4 is 11.6 Å². The van der Waals surface area contributed by atoms with Crippen molar-refractivity contribution in [1.29, 1.82) is 0 Å². The molecular formula is C15H15N3O. The van der Waals surface area contributed by atoms with E-state index in [1.165, 1.54) is 5.56 Å². The Kier molecular flexibility index (Phi) is 3.14. The summed E-state index contributed by atoms with van der Waals surface area (Å²) in [5.41, 5.74) is 3.26.